The van der Waals surface area contributed by atoms with Crippen LogP contribution in [0.25, 0.3) is 0 Å². The third-order valence-corrected chi connectivity index (χ3v) is 2.57. The Morgan fingerprint density at radius 3 is 2.41 bits per heavy atom. The van der Waals surface area contributed by atoms with E-state index in [0.717, 1.165) is 0 Å². The summed E-state index contributed by atoms with van der Waals surface area (Å²) >= 11 is 0. The molecule has 0 saturated carbocycles. The molecule has 0 bridgehead atoms. The molecule has 0 aliphatic rings. The Labute approximate surface area is 99.8 Å². The standard InChI is InChI=1S/C13H17F2NO/c1-8-4-5-9(12(15)11(8)14)10(17)6-7-13(2,3)16/h4-5H,6-7,16H2,1-3H3. The number of carbonyl (C=O) groups excluding carboxylic acids is 1. The van der Waals surface area contributed by atoms with E-state index in [4.69, 9.17) is 5.73 Å². The normalized spacial score (nSPS) is 11.6. The van der Waals surface area contributed by atoms with Crippen molar-refractivity contribution in [3.8, 4) is 0 Å². The second kappa shape index (κ2) is 4.92. The molecule has 2 N–H and O–H groups in total. The molecule has 1 rings (SSSR count). The van der Waals surface area contributed by atoms with Crippen LogP contribution in [-0.2, 0) is 0 Å². The van der Waals surface area contributed by atoms with Gasteiger partial charge in [-0.25, -0.2) is 8.78 Å². The average Bonchev–Trinajstić information content (AvgIpc) is 2.22. The number of rotatable bonds is 4. The molecule has 0 saturated heterocycles. The van der Waals surface area contributed by atoms with Gasteiger partial charge in [0.2, 0.25) is 0 Å². The van der Waals surface area contributed by atoms with Gasteiger partial charge in [0.05, 0.1) is 5.56 Å². The minimum atomic E-state index is -1.06. The average molecular weight is 241 g/mol. The third kappa shape index (κ3) is 3.60. The van der Waals surface area contributed by atoms with Crippen LogP contribution in [0.5, 0.6) is 0 Å². The highest BCUT2D eigenvalue weighted by molar-refractivity contribution is 5.96. The van der Waals surface area contributed by atoms with E-state index >= 15 is 0 Å². The van der Waals surface area contributed by atoms with Crippen molar-refractivity contribution in [1.82, 2.24) is 0 Å². The van der Waals surface area contributed by atoms with Gasteiger partial charge >= 0.3 is 0 Å². The summed E-state index contributed by atoms with van der Waals surface area (Å²) in [5.74, 6) is -2.44. The molecule has 0 radical (unpaired) electrons. The van der Waals surface area contributed by atoms with Gasteiger partial charge in [-0.15, -0.1) is 0 Å². The van der Waals surface area contributed by atoms with Crippen molar-refractivity contribution >= 4 is 5.78 Å². The molecule has 0 atom stereocenters. The van der Waals surface area contributed by atoms with E-state index in [1.165, 1.54) is 19.1 Å². The van der Waals surface area contributed by atoms with Crippen molar-refractivity contribution in [3.05, 3.63) is 34.9 Å². The lowest BCUT2D eigenvalue weighted by Gasteiger charge is -2.17. The van der Waals surface area contributed by atoms with Gasteiger partial charge in [-0.2, -0.15) is 0 Å². The fourth-order valence-corrected chi connectivity index (χ4v) is 1.43. The van der Waals surface area contributed by atoms with Crippen LogP contribution >= 0.6 is 0 Å². The number of halogens is 2. The molecule has 1 aromatic rings. The lowest BCUT2D eigenvalue weighted by atomic mass is 9.95. The topological polar surface area (TPSA) is 43.1 Å². The summed E-state index contributed by atoms with van der Waals surface area (Å²) in [4.78, 5) is 11.7. The van der Waals surface area contributed by atoms with E-state index in [2.05, 4.69) is 0 Å². The van der Waals surface area contributed by atoms with Crippen LogP contribution in [0.4, 0.5) is 8.78 Å². The fraction of sp³-hybridized carbons (Fsp3) is 0.462. The number of nitrogens with two attached hydrogens (primary N) is 1. The van der Waals surface area contributed by atoms with Crippen LogP contribution in [0.15, 0.2) is 12.1 Å². The summed E-state index contributed by atoms with van der Waals surface area (Å²) in [5.41, 5.74) is 5.24. The number of Topliss-reactive ketones (excluding diaryl/α,β-unsaturated/α-hetero) is 1. The highest BCUT2D eigenvalue weighted by Crippen LogP contribution is 2.19. The Kier molecular flexibility index (Phi) is 3.98. The second-order valence-corrected chi connectivity index (χ2v) is 4.97. The molecular weight excluding hydrogens is 224 g/mol. The number of hydrogen-bond donors (Lipinski definition) is 1. The Morgan fingerprint density at radius 1 is 1.29 bits per heavy atom. The lowest BCUT2D eigenvalue weighted by Crippen LogP contribution is -2.32. The summed E-state index contributed by atoms with van der Waals surface area (Å²) in [5, 5.41) is 0. The van der Waals surface area contributed by atoms with Gasteiger partial charge in [-0.3, -0.25) is 4.79 Å². The number of benzene rings is 1. The van der Waals surface area contributed by atoms with Crippen LogP contribution < -0.4 is 5.73 Å². The predicted octanol–water partition coefficient (Wildman–Crippen LogP) is 2.97. The highest BCUT2D eigenvalue weighted by Gasteiger charge is 2.19. The van der Waals surface area contributed by atoms with Crippen LogP contribution in [0.3, 0.4) is 0 Å². The molecule has 0 heterocycles. The Bertz CT molecular complexity index is 436. The number of carbonyl (C=O) groups is 1. The van der Waals surface area contributed by atoms with Crippen LogP contribution in [0, 0.1) is 18.6 Å². The van der Waals surface area contributed by atoms with Crippen LogP contribution in [0.1, 0.15) is 42.6 Å². The molecule has 17 heavy (non-hydrogen) atoms. The van der Waals surface area contributed by atoms with Crippen molar-refractivity contribution < 1.29 is 13.6 Å². The maximum atomic E-state index is 13.5. The molecule has 0 unspecified atom stereocenters. The molecule has 0 fully saturated rings. The Hall–Kier alpha value is -1.29. The van der Waals surface area contributed by atoms with Crippen LogP contribution in [-0.4, -0.2) is 11.3 Å². The molecule has 0 spiro atoms. The molecule has 0 aliphatic carbocycles. The van der Waals surface area contributed by atoms with Crippen molar-refractivity contribution in [2.75, 3.05) is 0 Å². The monoisotopic (exact) mass is 241 g/mol. The van der Waals surface area contributed by atoms with Gasteiger partial charge in [0.25, 0.3) is 0 Å². The molecule has 1 aromatic carbocycles. The zero-order valence-corrected chi connectivity index (χ0v) is 10.3. The number of aryl methyl sites for hydroxylation is 1. The zero-order chi connectivity index (χ0) is 13.2. The summed E-state index contributed by atoms with van der Waals surface area (Å²) < 4.78 is 26.8. The van der Waals surface area contributed by atoms with E-state index in [9.17, 15) is 13.6 Å². The first kappa shape index (κ1) is 13.8. The smallest absolute Gasteiger partial charge is 0.169 e. The van der Waals surface area contributed by atoms with Gasteiger partial charge in [-0.1, -0.05) is 6.07 Å². The quantitative estimate of drug-likeness (QED) is 0.823. The predicted molar refractivity (Wildman–Crippen MR) is 62.9 cm³/mol. The summed E-state index contributed by atoms with van der Waals surface area (Å²) in [6.45, 7) is 5.02. The second-order valence-electron chi connectivity index (χ2n) is 4.97. The van der Waals surface area contributed by atoms with Crippen molar-refractivity contribution in [1.29, 1.82) is 0 Å². The maximum Gasteiger partial charge on any atom is 0.169 e. The molecule has 4 heteroatoms. The molecule has 0 amide bonds. The van der Waals surface area contributed by atoms with Gasteiger partial charge in [0, 0.05) is 12.0 Å². The molecule has 2 nitrogen and oxygen atoms in total. The first-order chi connectivity index (χ1) is 7.72. The highest BCUT2D eigenvalue weighted by atomic mass is 19.2. The largest absolute Gasteiger partial charge is 0.326 e. The number of hydrogen-bond acceptors (Lipinski definition) is 2. The Balaban J connectivity index is 2.87. The summed E-state index contributed by atoms with van der Waals surface area (Å²) in [6.07, 6.45) is 0.545. The molecule has 0 aromatic heterocycles. The van der Waals surface area contributed by atoms with E-state index in [-0.39, 0.29) is 17.5 Å². The van der Waals surface area contributed by atoms with E-state index in [1.54, 1.807) is 13.8 Å². The van der Waals surface area contributed by atoms with Gasteiger partial charge in [0.1, 0.15) is 0 Å². The van der Waals surface area contributed by atoms with Crippen molar-refractivity contribution in [3.63, 3.8) is 0 Å². The van der Waals surface area contributed by atoms with E-state index < -0.39 is 23.0 Å². The van der Waals surface area contributed by atoms with E-state index in [0.29, 0.717) is 6.42 Å². The minimum Gasteiger partial charge on any atom is -0.326 e. The minimum absolute atomic E-state index is 0.114. The molecule has 0 aliphatic heterocycles. The van der Waals surface area contributed by atoms with Gasteiger partial charge in [-0.05, 0) is 38.8 Å². The van der Waals surface area contributed by atoms with Crippen molar-refractivity contribution in [2.24, 2.45) is 5.73 Å². The first-order valence-corrected chi connectivity index (χ1v) is 5.49. The van der Waals surface area contributed by atoms with Gasteiger partial charge < -0.3 is 5.73 Å². The Morgan fingerprint density at radius 2 is 1.88 bits per heavy atom. The van der Waals surface area contributed by atoms with Gasteiger partial charge in [0.15, 0.2) is 17.4 Å². The van der Waals surface area contributed by atoms with Crippen molar-refractivity contribution in [2.45, 2.75) is 39.2 Å². The van der Waals surface area contributed by atoms with E-state index in [1.807, 2.05) is 0 Å². The van der Waals surface area contributed by atoms with Crippen LogP contribution in [0.2, 0.25) is 0 Å². The maximum absolute atomic E-state index is 13.5. The number of ketones is 1. The summed E-state index contributed by atoms with van der Waals surface area (Å²) in [6, 6.07) is 2.72. The SMILES string of the molecule is Cc1ccc(C(=O)CCC(C)(C)N)c(F)c1F. The third-order valence-electron chi connectivity index (χ3n) is 2.57. The fourth-order valence-electron chi connectivity index (χ4n) is 1.43. The molecular formula is C13H17F2NO. The lowest BCUT2D eigenvalue weighted by molar-refractivity contribution is 0.0967. The zero-order valence-electron chi connectivity index (χ0n) is 10.3. The summed E-state index contributed by atoms with van der Waals surface area (Å²) in [7, 11) is 0. The molecule has 94 valence electrons. The first-order valence-electron chi connectivity index (χ1n) is 5.49.